The number of ether oxygens (including phenoxy) is 1. The van der Waals surface area contributed by atoms with Gasteiger partial charge in [-0.2, -0.15) is 0 Å². The second-order valence-corrected chi connectivity index (χ2v) is 5.23. The van der Waals surface area contributed by atoms with Crippen LogP contribution in [0.2, 0.25) is 0 Å². The highest BCUT2D eigenvalue weighted by Gasteiger charge is 2.06. The maximum Gasteiger partial charge on any atom is 0.336 e. The fourth-order valence-corrected chi connectivity index (χ4v) is 2.24. The molecule has 0 radical (unpaired) electrons. The van der Waals surface area contributed by atoms with E-state index in [0.717, 1.165) is 16.6 Å². The molecule has 3 rings (SSSR count). The summed E-state index contributed by atoms with van der Waals surface area (Å²) >= 11 is 0. The maximum atomic E-state index is 11.8. The Morgan fingerprint density at radius 3 is 2.71 bits per heavy atom. The van der Waals surface area contributed by atoms with Gasteiger partial charge in [-0.1, -0.05) is 18.2 Å². The van der Waals surface area contributed by atoms with Gasteiger partial charge < -0.3 is 9.15 Å². The molecule has 2 N–H and O–H groups in total. The predicted octanol–water partition coefficient (Wildman–Crippen LogP) is 2.62. The van der Waals surface area contributed by atoms with Crippen LogP contribution < -0.4 is 21.2 Å². The Morgan fingerprint density at radius 2 is 1.92 bits per heavy atom. The average Bonchev–Trinajstić information content (AvgIpc) is 2.59. The van der Waals surface area contributed by atoms with Crippen LogP contribution in [0.15, 0.2) is 63.8 Å². The lowest BCUT2D eigenvalue weighted by atomic mass is 10.1. The Morgan fingerprint density at radius 1 is 1.12 bits per heavy atom. The summed E-state index contributed by atoms with van der Waals surface area (Å²) in [5.41, 5.74) is 7.02. The molecule has 122 valence electrons. The number of rotatable bonds is 5. The van der Waals surface area contributed by atoms with Crippen LogP contribution in [-0.4, -0.2) is 12.5 Å². The van der Waals surface area contributed by atoms with Crippen molar-refractivity contribution in [2.45, 2.75) is 6.92 Å². The summed E-state index contributed by atoms with van der Waals surface area (Å²) in [7, 11) is 0. The van der Waals surface area contributed by atoms with Crippen LogP contribution in [0.5, 0.6) is 5.75 Å². The molecule has 2 aromatic carbocycles. The molecule has 0 saturated carbocycles. The number of benzene rings is 2. The predicted molar refractivity (Wildman–Crippen MR) is 90.9 cm³/mol. The molecule has 0 bridgehead atoms. The Balaban J connectivity index is 1.61. The third-order valence-corrected chi connectivity index (χ3v) is 3.41. The number of para-hydroxylation sites is 1. The molecule has 6 heteroatoms. The summed E-state index contributed by atoms with van der Waals surface area (Å²) in [4.78, 5) is 23.1. The van der Waals surface area contributed by atoms with Crippen molar-refractivity contribution in [3.63, 3.8) is 0 Å². The van der Waals surface area contributed by atoms with Gasteiger partial charge in [-0.25, -0.2) is 4.79 Å². The van der Waals surface area contributed by atoms with E-state index in [-0.39, 0.29) is 18.1 Å². The highest BCUT2D eigenvalue weighted by Crippen LogP contribution is 2.22. The number of hydrogen-bond acceptors (Lipinski definition) is 5. The molecule has 6 nitrogen and oxygen atoms in total. The molecule has 3 aromatic rings. The molecule has 0 saturated heterocycles. The van der Waals surface area contributed by atoms with Crippen LogP contribution in [0, 0.1) is 6.92 Å². The molecule has 24 heavy (non-hydrogen) atoms. The van der Waals surface area contributed by atoms with Gasteiger partial charge in [0.2, 0.25) is 0 Å². The largest absolute Gasteiger partial charge is 0.484 e. The van der Waals surface area contributed by atoms with Crippen molar-refractivity contribution in [2.24, 2.45) is 0 Å². The van der Waals surface area contributed by atoms with Crippen LogP contribution in [0.3, 0.4) is 0 Å². The zero-order valence-corrected chi connectivity index (χ0v) is 13.0. The first-order valence-corrected chi connectivity index (χ1v) is 7.39. The quantitative estimate of drug-likeness (QED) is 0.557. The van der Waals surface area contributed by atoms with Crippen LogP contribution >= 0.6 is 0 Å². The van der Waals surface area contributed by atoms with Crippen LogP contribution in [-0.2, 0) is 4.79 Å². The second kappa shape index (κ2) is 6.87. The van der Waals surface area contributed by atoms with Crippen molar-refractivity contribution < 1.29 is 13.9 Å². The Bertz CT molecular complexity index is 919. The van der Waals surface area contributed by atoms with Crippen molar-refractivity contribution in [3.05, 3.63) is 70.6 Å². The van der Waals surface area contributed by atoms with Gasteiger partial charge in [0.1, 0.15) is 11.3 Å². The smallest absolute Gasteiger partial charge is 0.336 e. The lowest BCUT2D eigenvalue weighted by Gasteiger charge is -2.10. The van der Waals surface area contributed by atoms with Crippen molar-refractivity contribution in [3.8, 4) is 5.75 Å². The van der Waals surface area contributed by atoms with Crippen LogP contribution in [0.1, 0.15) is 5.56 Å². The number of hydrazine groups is 1. The minimum atomic E-state index is -0.389. The zero-order valence-electron chi connectivity index (χ0n) is 13.0. The van der Waals surface area contributed by atoms with Gasteiger partial charge in [-0.3, -0.25) is 15.6 Å². The van der Waals surface area contributed by atoms with Crippen molar-refractivity contribution in [2.75, 3.05) is 12.0 Å². The zero-order chi connectivity index (χ0) is 16.9. The molecule has 1 aromatic heterocycles. The molecule has 0 fully saturated rings. The highest BCUT2D eigenvalue weighted by molar-refractivity contribution is 5.82. The first-order chi connectivity index (χ1) is 11.6. The van der Waals surface area contributed by atoms with Crippen molar-refractivity contribution in [1.29, 1.82) is 0 Å². The molecular weight excluding hydrogens is 308 g/mol. The number of anilines is 1. The van der Waals surface area contributed by atoms with E-state index in [2.05, 4.69) is 10.9 Å². The van der Waals surface area contributed by atoms with Gasteiger partial charge in [0.25, 0.3) is 5.91 Å². The number of nitrogens with one attached hydrogen (secondary N) is 2. The third kappa shape index (κ3) is 3.73. The lowest BCUT2D eigenvalue weighted by molar-refractivity contribution is -0.122. The normalized spacial score (nSPS) is 10.4. The SMILES string of the molecule is Cc1cc(=O)oc2ccc(OCC(=O)NNc3ccccc3)cc12. The topological polar surface area (TPSA) is 80.6 Å². The van der Waals surface area contributed by atoms with Crippen LogP contribution in [0.25, 0.3) is 11.0 Å². The molecule has 0 atom stereocenters. The van der Waals surface area contributed by atoms with E-state index in [0.29, 0.717) is 11.3 Å². The number of amides is 1. The average molecular weight is 324 g/mol. The molecule has 0 unspecified atom stereocenters. The van der Waals surface area contributed by atoms with Gasteiger partial charge >= 0.3 is 5.63 Å². The summed E-state index contributed by atoms with van der Waals surface area (Å²) in [6.45, 7) is 1.68. The molecule has 0 spiro atoms. The Hall–Kier alpha value is -3.28. The number of hydrogen-bond donors (Lipinski definition) is 2. The van der Waals surface area contributed by atoms with E-state index in [4.69, 9.17) is 9.15 Å². The van der Waals surface area contributed by atoms with E-state index < -0.39 is 0 Å². The van der Waals surface area contributed by atoms with E-state index in [1.165, 1.54) is 6.07 Å². The first kappa shape index (κ1) is 15.6. The first-order valence-electron chi connectivity index (χ1n) is 7.39. The monoisotopic (exact) mass is 324 g/mol. The number of aryl methyl sites for hydroxylation is 1. The number of carbonyl (C=O) groups is 1. The number of carbonyl (C=O) groups excluding carboxylic acids is 1. The van der Waals surface area contributed by atoms with Gasteiger partial charge in [-0.05, 0) is 42.8 Å². The van der Waals surface area contributed by atoms with E-state index in [1.807, 2.05) is 37.3 Å². The summed E-state index contributed by atoms with van der Waals surface area (Å²) in [6, 6.07) is 15.7. The van der Waals surface area contributed by atoms with E-state index >= 15 is 0 Å². The lowest BCUT2D eigenvalue weighted by Crippen LogP contribution is -2.33. The Labute approximate surface area is 138 Å². The van der Waals surface area contributed by atoms with E-state index in [1.54, 1.807) is 18.2 Å². The van der Waals surface area contributed by atoms with Gasteiger partial charge in [0.05, 0.1) is 5.69 Å². The molecule has 1 heterocycles. The summed E-state index contributed by atoms with van der Waals surface area (Å²) in [5, 5.41) is 0.773. The van der Waals surface area contributed by atoms with Crippen molar-refractivity contribution >= 4 is 22.6 Å². The molecule has 1 amide bonds. The molecular formula is C18H16N2O4. The van der Waals surface area contributed by atoms with Gasteiger partial charge in [0, 0.05) is 11.5 Å². The molecule has 0 aliphatic rings. The standard InChI is InChI=1S/C18H16N2O4/c1-12-9-18(22)24-16-8-7-14(10-15(12)16)23-11-17(21)20-19-13-5-3-2-4-6-13/h2-10,19H,11H2,1H3,(H,20,21). The fourth-order valence-electron chi connectivity index (χ4n) is 2.24. The summed E-state index contributed by atoms with van der Waals surface area (Å²) in [6.07, 6.45) is 0. The minimum absolute atomic E-state index is 0.138. The summed E-state index contributed by atoms with van der Waals surface area (Å²) < 4.78 is 10.6. The minimum Gasteiger partial charge on any atom is -0.484 e. The maximum absolute atomic E-state index is 11.8. The van der Waals surface area contributed by atoms with Crippen LogP contribution in [0.4, 0.5) is 5.69 Å². The van der Waals surface area contributed by atoms with Gasteiger partial charge in [0.15, 0.2) is 6.61 Å². The molecule has 0 aliphatic heterocycles. The Kier molecular flexibility index (Phi) is 4.47. The van der Waals surface area contributed by atoms with Gasteiger partial charge in [-0.15, -0.1) is 0 Å². The van der Waals surface area contributed by atoms with E-state index in [9.17, 15) is 9.59 Å². The second-order valence-electron chi connectivity index (χ2n) is 5.23. The molecule has 0 aliphatic carbocycles. The van der Waals surface area contributed by atoms with Crippen molar-refractivity contribution in [1.82, 2.24) is 5.43 Å². The fraction of sp³-hybridized carbons (Fsp3) is 0.111. The summed E-state index contributed by atoms with van der Waals surface area (Å²) in [5.74, 6) is 0.213. The highest BCUT2D eigenvalue weighted by atomic mass is 16.5. The third-order valence-electron chi connectivity index (χ3n) is 3.41. The number of fused-ring (bicyclic) bond motifs is 1.